The number of aliphatic carboxylic acids is 1. The van der Waals surface area contributed by atoms with Crippen molar-refractivity contribution in [2.45, 2.75) is 30.7 Å². The summed E-state index contributed by atoms with van der Waals surface area (Å²) in [4.78, 5) is 23.0. The molecule has 2 N–H and O–H groups in total. The molecule has 1 aliphatic heterocycles. The average molecular weight is 376 g/mol. The van der Waals surface area contributed by atoms with E-state index >= 15 is 0 Å². The van der Waals surface area contributed by atoms with Gasteiger partial charge < -0.3 is 15.2 Å². The zero-order valence-electron chi connectivity index (χ0n) is 13.2. The number of carboxylic acids is 1. The van der Waals surface area contributed by atoms with Gasteiger partial charge in [-0.25, -0.2) is 8.42 Å². The van der Waals surface area contributed by atoms with Gasteiger partial charge in [0, 0.05) is 25.6 Å². The smallest absolute Gasteiger partial charge is 0.303 e. The summed E-state index contributed by atoms with van der Waals surface area (Å²) in [6.45, 7) is 2.86. The molecule has 2 heterocycles. The fraction of sp³-hybridized carbons (Fsp3) is 0.571. The van der Waals surface area contributed by atoms with E-state index in [4.69, 9.17) is 9.84 Å². The third kappa shape index (κ3) is 4.53. The van der Waals surface area contributed by atoms with Crippen LogP contribution in [0.1, 0.15) is 29.4 Å². The van der Waals surface area contributed by atoms with E-state index in [0.717, 1.165) is 11.3 Å². The summed E-state index contributed by atoms with van der Waals surface area (Å²) in [5, 5.41) is 12.9. The zero-order chi connectivity index (χ0) is 17.7. The molecule has 1 aromatic rings. The second-order valence-corrected chi connectivity index (χ2v) is 8.26. The number of rotatable bonds is 7. The maximum absolute atomic E-state index is 12.7. The third-order valence-corrected chi connectivity index (χ3v) is 6.58. The lowest BCUT2D eigenvalue weighted by molar-refractivity contribution is -0.137. The van der Waals surface area contributed by atoms with Crippen molar-refractivity contribution in [2.75, 3.05) is 26.3 Å². The van der Waals surface area contributed by atoms with Gasteiger partial charge in [-0.3, -0.25) is 9.59 Å². The Morgan fingerprint density at radius 2 is 2.08 bits per heavy atom. The van der Waals surface area contributed by atoms with Crippen LogP contribution >= 0.6 is 11.3 Å². The second kappa shape index (κ2) is 8.06. The molecule has 0 radical (unpaired) electrons. The van der Waals surface area contributed by atoms with Crippen molar-refractivity contribution in [2.24, 2.45) is 0 Å². The van der Waals surface area contributed by atoms with Crippen LogP contribution < -0.4 is 5.32 Å². The third-order valence-electron chi connectivity index (χ3n) is 3.59. The van der Waals surface area contributed by atoms with Crippen LogP contribution in [0.15, 0.2) is 16.3 Å². The SMILES string of the molecule is CC(CCC(=O)O)NC(=O)c1sccc1S(=O)(=O)N1CCOCC1. The van der Waals surface area contributed by atoms with Gasteiger partial charge in [-0.05, 0) is 24.8 Å². The van der Waals surface area contributed by atoms with E-state index in [9.17, 15) is 18.0 Å². The molecule has 1 unspecified atom stereocenters. The summed E-state index contributed by atoms with van der Waals surface area (Å²) in [7, 11) is -3.75. The number of nitrogens with one attached hydrogen (secondary N) is 1. The number of thiophene rings is 1. The van der Waals surface area contributed by atoms with Crippen molar-refractivity contribution < 1.29 is 27.9 Å². The van der Waals surface area contributed by atoms with Crippen LogP contribution in [0.4, 0.5) is 0 Å². The number of amides is 1. The second-order valence-electron chi connectivity index (χ2n) is 5.44. The number of carbonyl (C=O) groups excluding carboxylic acids is 1. The lowest BCUT2D eigenvalue weighted by atomic mass is 10.2. The predicted molar refractivity (Wildman–Crippen MR) is 87.7 cm³/mol. The molecule has 1 fully saturated rings. The van der Waals surface area contributed by atoms with Gasteiger partial charge in [-0.1, -0.05) is 0 Å². The number of morpholine rings is 1. The highest BCUT2D eigenvalue weighted by Crippen LogP contribution is 2.26. The summed E-state index contributed by atoms with van der Waals surface area (Å²) in [5.41, 5.74) is 0. The molecule has 24 heavy (non-hydrogen) atoms. The molecule has 0 aromatic carbocycles. The van der Waals surface area contributed by atoms with Gasteiger partial charge in [0.1, 0.15) is 9.77 Å². The van der Waals surface area contributed by atoms with Crippen LogP contribution in [0.25, 0.3) is 0 Å². The Bertz CT molecular complexity index is 694. The molecular weight excluding hydrogens is 356 g/mol. The number of hydrogen-bond donors (Lipinski definition) is 2. The van der Waals surface area contributed by atoms with E-state index < -0.39 is 21.9 Å². The van der Waals surface area contributed by atoms with E-state index in [1.807, 2.05) is 0 Å². The maximum Gasteiger partial charge on any atom is 0.303 e. The number of carboxylic acid groups (broad SMARTS) is 1. The van der Waals surface area contributed by atoms with Crippen LogP contribution in [0, 0.1) is 0 Å². The molecular formula is C14H20N2O6S2. The first-order valence-electron chi connectivity index (χ1n) is 7.50. The summed E-state index contributed by atoms with van der Waals surface area (Å²) < 4.78 is 31.9. The Hall–Kier alpha value is -1.49. The number of nitrogens with zero attached hydrogens (tertiary/aromatic N) is 1. The Balaban J connectivity index is 2.11. The first-order chi connectivity index (χ1) is 11.3. The van der Waals surface area contributed by atoms with E-state index in [2.05, 4.69) is 5.32 Å². The summed E-state index contributed by atoms with van der Waals surface area (Å²) >= 11 is 1.05. The first kappa shape index (κ1) is 18.8. The number of ether oxygens (including phenoxy) is 1. The average Bonchev–Trinajstić information content (AvgIpc) is 3.04. The molecule has 1 amide bonds. The minimum atomic E-state index is -3.75. The van der Waals surface area contributed by atoms with Gasteiger partial charge in [0.15, 0.2) is 0 Å². The maximum atomic E-state index is 12.7. The Kier molecular flexibility index (Phi) is 6.33. The summed E-state index contributed by atoms with van der Waals surface area (Å²) in [5.74, 6) is -1.45. The molecule has 10 heteroatoms. The molecule has 8 nitrogen and oxygen atoms in total. The molecule has 0 saturated carbocycles. The largest absolute Gasteiger partial charge is 0.481 e. The van der Waals surface area contributed by atoms with Gasteiger partial charge in [-0.2, -0.15) is 4.31 Å². The highest BCUT2D eigenvalue weighted by molar-refractivity contribution is 7.89. The van der Waals surface area contributed by atoms with Gasteiger partial charge in [-0.15, -0.1) is 11.3 Å². The normalized spacial score (nSPS) is 17.4. The predicted octanol–water partition coefficient (Wildman–Crippen LogP) is 0.752. The molecule has 0 spiro atoms. The van der Waals surface area contributed by atoms with E-state index in [1.165, 1.54) is 10.4 Å². The number of sulfonamides is 1. The first-order valence-corrected chi connectivity index (χ1v) is 9.82. The fourth-order valence-electron chi connectivity index (χ4n) is 2.29. The highest BCUT2D eigenvalue weighted by atomic mass is 32.2. The topological polar surface area (TPSA) is 113 Å². The van der Waals surface area contributed by atoms with Crippen molar-refractivity contribution in [1.82, 2.24) is 9.62 Å². The van der Waals surface area contributed by atoms with E-state index in [-0.39, 0.29) is 41.7 Å². The zero-order valence-corrected chi connectivity index (χ0v) is 14.9. The lowest BCUT2D eigenvalue weighted by Gasteiger charge is -2.26. The standard InChI is InChI=1S/C14H20N2O6S2/c1-10(2-3-12(17)18)15-14(19)13-11(4-9-23-13)24(20,21)16-5-7-22-8-6-16/h4,9-10H,2-3,5-8H2,1H3,(H,15,19)(H,17,18). The molecule has 2 rings (SSSR count). The molecule has 134 valence electrons. The van der Waals surface area contributed by atoms with Crippen molar-refractivity contribution >= 4 is 33.2 Å². The van der Waals surface area contributed by atoms with Gasteiger partial charge in [0.05, 0.1) is 13.2 Å². The highest BCUT2D eigenvalue weighted by Gasteiger charge is 2.31. The lowest BCUT2D eigenvalue weighted by Crippen LogP contribution is -2.41. The van der Waals surface area contributed by atoms with Gasteiger partial charge in [0.2, 0.25) is 10.0 Å². The van der Waals surface area contributed by atoms with Crippen LogP contribution in [-0.2, 0) is 19.6 Å². The Labute approximate surface area is 144 Å². The molecule has 0 aliphatic carbocycles. The van der Waals surface area contributed by atoms with Crippen molar-refractivity contribution in [3.05, 3.63) is 16.3 Å². The Morgan fingerprint density at radius 1 is 1.42 bits per heavy atom. The Morgan fingerprint density at radius 3 is 2.71 bits per heavy atom. The van der Waals surface area contributed by atoms with Crippen LogP contribution in [0.3, 0.4) is 0 Å². The number of carbonyl (C=O) groups is 2. The van der Waals surface area contributed by atoms with Crippen LogP contribution in [0.5, 0.6) is 0 Å². The molecule has 1 atom stereocenters. The monoisotopic (exact) mass is 376 g/mol. The quantitative estimate of drug-likeness (QED) is 0.726. The fourth-order valence-corrected chi connectivity index (χ4v) is 5.01. The number of hydrogen-bond acceptors (Lipinski definition) is 6. The van der Waals surface area contributed by atoms with E-state index in [1.54, 1.807) is 12.3 Å². The molecule has 0 bridgehead atoms. The van der Waals surface area contributed by atoms with Crippen molar-refractivity contribution in [3.8, 4) is 0 Å². The van der Waals surface area contributed by atoms with E-state index in [0.29, 0.717) is 13.2 Å². The van der Waals surface area contributed by atoms with Crippen molar-refractivity contribution in [1.29, 1.82) is 0 Å². The van der Waals surface area contributed by atoms with Crippen LogP contribution in [-0.4, -0.2) is 62.1 Å². The molecule has 1 aromatic heterocycles. The van der Waals surface area contributed by atoms with Crippen molar-refractivity contribution in [3.63, 3.8) is 0 Å². The molecule has 1 aliphatic rings. The van der Waals surface area contributed by atoms with Gasteiger partial charge in [0.25, 0.3) is 5.91 Å². The van der Waals surface area contributed by atoms with Gasteiger partial charge >= 0.3 is 5.97 Å². The van der Waals surface area contributed by atoms with Crippen LogP contribution in [0.2, 0.25) is 0 Å². The minimum absolute atomic E-state index is 0.0164. The summed E-state index contributed by atoms with van der Waals surface area (Å²) in [6.07, 6.45) is 0.211. The minimum Gasteiger partial charge on any atom is -0.481 e. The molecule has 1 saturated heterocycles. The summed E-state index contributed by atoms with van der Waals surface area (Å²) in [6, 6.07) is 1.06.